The van der Waals surface area contributed by atoms with E-state index in [4.69, 9.17) is 13.9 Å². The van der Waals surface area contributed by atoms with E-state index < -0.39 is 5.60 Å². The first-order chi connectivity index (χ1) is 14.8. The molecule has 5 rings (SSSR count). The van der Waals surface area contributed by atoms with E-state index >= 15 is 0 Å². The number of benzene rings is 1. The fourth-order valence-corrected chi connectivity index (χ4v) is 5.83. The lowest BCUT2D eigenvalue weighted by molar-refractivity contribution is -0.0728. The molecule has 1 aliphatic heterocycles. The van der Waals surface area contributed by atoms with Crippen LogP contribution in [0.4, 0.5) is 0 Å². The van der Waals surface area contributed by atoms with Crippen LogP contribution < -0.4 is 14.9 Å². The minimum absolute atomic E-state index is 0.0195. The lowest BCUT2D eigenvalue weighted by atomic mass is 9.74. The van der Waals surface area contributed by atoms with E-state index in [0.29, 0.717) is 28.9 Å². The Morgan fingerprint density at radius 1 is 1.23 bits per heavy atom. The van der Waals surface area contributed by atoms with Crippen molar-refractivity contribution in [3.05, 3.63) is 33.2 Å². The van der Waals surface area contributed by atoms with E-state index in [1.54, 1.807) is 0 Å². The summed E-state index contributed by atoms with van der Waals surface area (Å²) in [6.45, 7) is 5.58. The normalized spacial score (nSPS) is 28.1. The molecule has 2 aliphatic carbocycles. The molecular formula is C25H32O6. The molecule has 1 aromatic carbocycles. The van der Waals surface area contributed by atoms with Gasteiger partial charge < -0.3 is 24.1 Å². The summed E-state index contributed by atoms with van der Waals surface area (Å²) in [6, 6.07) is 1.37. The molecule has 2 fully saturated rings. The maximum Gasteiger partial charge on any atom is 0.196 e. The second-order valence-corrected chi connectivity index (χ2v) is 10.00. The van der Waals surface area contributed by atoms with Crippen LogP contribution in [0, 0.1) is 0 Å². The summed E-state index contributed by atoms with van der Waals surface area (Å²) in [7, 11) is 0. The highest BCUT2D eigenvalue weighted by atomic mass is 16.5. The number of hydrogen-bond acceptors (Lipinski definition) is 6. The van der Waals surface area contributed by atoms with E-state index in [0.717, 1.165) is 49.7 Å². The molecule has 0 radical (unpaired) electrons. The third-order valence-corrected chi connectivity index (χ3v) is 7.32. The van der Waals surface area contributed by atoms with Crippen molar-refractivity contribution in [2.75, 3.05) is 0 Å². The van der Waals surface area contributed by atoms with Gasteiger partial charge in [0.2, 0.25) is 0 Å². The second-order valence-electron chi connectivity index (χ2n) is 10.00. The Labute approximate surface area is 182 Å². The Kier molecular flexibility index (Phi) is 5.05. The molecule has 168 valence electrons. The molecule has 3 aliphatic rings. The van der Waals surface area contributed by atoms with E-state index in [1.165, 1.54) is 6.07 Å². The molecule has 2 saturated carbocycles. The first kappa shape index (κ1) is 20.8. The van der Waals surface area contributed by atoms with Crippen LogP contribution in [0.15, 0.2) is 15.3 Å². The predicted molar refractivity (Wildman–Crippen MR) is 117 cm³/mol. The molecule has 6 heteroatoms. The van der Waals surface area contributed by atoms with Crippen LogP contribution in [0.3, 0.4) is 0 Å². The molecule has 0 unspecified atom stereocenters. The Hall–Kier alpha value is -2.05. The van der Waals surface area contributed by atoms with Crippen LogP contribution in [0.5, 0.6) is 11.5 Å². The van der Waals surface area contributed by atoms with Crippen molar-refractivity contribution < 1.29 is 24.1 Å². The smallest absolute Gasteiger partial charge is 0.196 e. The van der Waals surface area contributed by atoms with Crippen LogP contribution in [0.2, 0.25) is 0 Å². The van der Waals surface area contributed by atoms with Crippen molar-refractivity contribution in [1.29, 1.82) is 0 Å². The summed E-state index contributed by atoms with van der Waals surface area (Å²) in [4.78, 5) is 13.3. The topological polar surface area (TPSA) is 89.1 Å². The summed E-state index contributed by atoms with van der Waals surface area (Å²) in [5.74, 6) is 1.51. The molecule has 2 aromatic rings. The molecule has 2 N–H and O–H groups in total. The minimum Gasteiger partial charge on any atom is -0.489 e. The van der Waals surface area contributed by atoms with Crippen molar-refractivity contribution in [3.63, 3.8) is 0 Å². The third kappa shape index (κ3) is 3.26. The third-order valence-electron chi connectivity index (χ3n) is 7.32. The molecule has 0 saturated heterocycles. The number of ether oxygens (including phenoxy) is 2. The lowest BCUT2D eigenvalue weighted by Gasteiger charge is -2.37. The standard InChI is InChI=1S/C25H32O6/c1-13(2)18-21-19(16-9-6-10-25(3,28)24(16)31-21)23(29-14-7-4-5-8-14)20-17(27)11-15(12-26)30-22(18)20/h11,13-14,16,24,26,28H,4-10,12H2,1-3H3/t16-,24-,25-/m1/s1. The Morgan fingerprint density at radius 3 is 2.65 bits per heavy atom. The molecule has 1 aromatic heterocycles. The average Bonchev–Trinajstić information content (AvgIpc) is 3.35. The Bertz CT molecular complexity index is 1060. The molecule has 6 nitrogen and oxygen atoms in total. The van der Waals surface area contributed by atoms with Crippen molar-refractivity contribution >= 4 is 11.0 Å². The number of fused-ring (bicyclic) bond motifs is 4. The van der Waals surface area contributed by atoms with Crippen LogP contribution in [-0.4, -0.2) is 28.0 Å². The highest BCUT2D eigenvalue weighted by molar-refractivity contribution is 5.92. The van der Waals surface area contributed by atoms with E-state index in [2.05, 4.69) is 0 Å². The van der Waals surface area contributed by atoms with Gasteiger partial charge in [-0.15, -0.1) is 0 Å². The van der Waals surface area contributed by atoms with Crippen molar-refractivity contribution in [2.24, 2.45) is 0 Å². The number of rotatable bonds is 4. The zero-order chi connectivity index (χ0) is 21.9. The number of aliphatic hydroxyl groups is 2. The van der Waals surface area contributed by atoms with E-state index in [1.807, 2.05) is 20.8 Å². The van der Waals surface area contributed by atoms with E-state index in [9.17, 15) is 15.0 Å². The summed E-state index contributed by atoms with van der Waals surface area (Å²) >= 11 is 0. The predicted octanol–water partition coefficient (Wildman–Crippen LogP) is 4.51. The number of aliphatic hydroxyl groups excluding tert-OH is 1. The van der Waals surface area contributed by atoms with Gasteiger partial charge in [-0.25, -0.2) is 0 Å². The monoisotopic (exact) mass is 428 g/mol. The first-order valence-electron chi connectivity index (χ1n) is 11.6. The fraction of sp³-hybridized carbons (Fsp3) is 0.640. The zero-order valence-corrected chi connectivity index (χ0v) is 18.6. The number of hydrogen-bond donors (Lipinski definition) is 2. The van der Waals surface area contributed by atoms with E-state index in [-0.39, 0.29) is 41.8 Å². The van der Waals surface area contributed by atoms with Gasteiger partial charge in [-0.2, -0.15) is 0 Å². The van der Waals surface area contributed by atoms with Gasteiger partial charge in [0.25, 0.3) is 0 Å². The van der Waals surface area contributed by atoms with Crippen LogP contribution in [0.25, 0.3) is 11.0 Å². The van der Waals surface area contributed by atoms with Gasteiger partial charge in [0.15, 0.2) is 5.43 Å². The summed E-state index contributed by atoms with van der Waals surface area (Å²) in [5, 5.41) is 21.2. The van der Waals surface area contributed by atoms with Gasteiger partial charge >= 0.3 is 0 Å². The fourth-order valence-electron chi connectivity index (χ4n) is 5.83. The second kappa shape index (κ2) is 7.52. The van der Waals surface area contributed by atoms with Crippen LogP contribution in [-0.2, 0) is 6.61 Å². The molecule has 2 heterocycles. The van der Waals surface area contributed by atoms with Crippen molar-refractivity contribution in [2.45, 2.75) is 102 Å². The minimum atomic E-state index is -0.944. The summed E-state index contributed by atoms with van der Waals surface area (Å²) in [6.07, 6.45) is 6.34. The molecule has 0 amide bonds. The van der Waals surface area contributed by atoms with Gasteiger partial charge in [-0.3, -0.25) is 4.79 Å². The average molecular weight is 429 g/mol. The largest absolute Gasteiger partial charge is 0.489 e. The quantitative estimate of drug-likeness (QED) is 0.745. The molecule has 0 spiro atoms. The maximum atomic E-state index is 13.3. The van der Waals surface area contributed by atoms with Gasteiger partial charge in [0.05, 0.1) is 11.7 Å². The van der Waals surface area contributed by atoms with Gasteiger partial charge in [-0.1, -0.05) is 13.8 Å². The summed E-state index contributed by atoms with van der Waals surface area (Å²) in [5.41, 5.74) is 1.05. The maximum absolute atomic E-state index is 13.3. The highest BCUT2D eigenvalue weighted by Crippen LogP contribution is 2.57. The Morgan fingerprint density at radius 2 is 1.97 bits per heavy atom. The molecule has 3 atom stereocenters. The zero-order valence-electron chi connectivity index (χ0n) is 18.6. The first-order valence-corrected chi connectivity index (χ1v) is 11.6. The molecule has 31 heavy (non-hydrogen) atoms. The van der Waals surface area contributed by atoms with Crippen LogP contribution >= 0.6 is 0 Å². The van der Waals surface area contributed by atoms with Crippen molar-refractivity contribution in [1.82, 2.24) is 0 Å². The Balaban J connectivity index is 1.83. The van der Waals surface area contributed by atoms with Crippen LogP contribution in [0.1, 0.15) is 94.4 Å². The molecule has 0 bridgehead atoms. The molecular weight excluding hydrogens is 396 g/mol. The van der Waals surface area contributed by atoms with Gasteiger partial charge in [0.1, 0.15) is 40.9 Å². The summed E-state index contributed by atoms with van der Waals surface area (Å²) < 4.78 is 19.1. The SMILES string of the molecule is CC(C)c1c2c(c(OC3CCCC3)c3c(=O)cc(CO)oc13)[C@H]1CCC[C@@](C)(O)[C@@H]1O2. The highest BCUT2D eigenvalue weighted by Gasteiger charge is 2.51. The van der Waals surface area contributed by atoms with Gasteiger partial charge in [0, 0.05) is 23.1 Å². The van der Waals surface area contributed by atoms with Gasteiger partial charge in [-0.05, 0) is 57.8 Å². The lowest BCUT2D eigenvalue weighted by Crippen LogP contribution is -2.47. The van der Waals surface area contributed by atoms with Crippen molar-refractivity contribution in [3.8, 4) is 11.5 Å².